The van der Waals surface area contributed by atoms with Crippen LogP contribution in [0.5, 0.6) is 0 Å². The molecule has 1 heterocycles. The highest BCUT2D eigenvalue weighted by Gasteiger charge is 2.33. The number of likely N-dealkylation sites (tertiary alicyclic amines) is 1. The molecule has 1 aromatic rings. The van der Waals surface area contributed by atoms with E-state index in [-0.39, 0.29) is 0 Å². The van der Waals surface area contributed by atoms with Gasteiger partial charge in [0.1, 0.15) is 0 Å². The Morgan fingerprint density at radius 1 is 1.21 bits per heavy atom. The summed E-state index contributed by atoms with van der Waals surface area (Å²) < 4.78 is 0. The number of nitrogens with zero attached hydrogens (tertiary/aromatic N) is 1. The predicted molar refractivity (Wildman–Crippen MR) is 79.3 cm³/mol. The van der Waals surface area contributed by atoms with E-state index in [1.54, 1.807) is 0 Å². The lowest BCUT2D eigenvalue weighted by Crippen LogP contribution is -2.34. The Balaban J connectivity index is 1.97. The van der Waals surface area contributed by atoms with E-state index >= 15 is 0 Å². The van der Waals surface area contributed by atoms with Gasteiger partial charge in [-0.1, -0.05) is 36.8 Å². The van der Waals surface area contributed by atoms with Crippen molar-refractivity contribution in [2.24, 2.45) is 5.92 Å². The zero-order valence-electron chi connectivity index (χ0n) is 11.6. The number of hydrogen-bond acceptors (Lipinski definition) is 1. The zero-order valence-corrected chi connectivity index (χ0v) is 11.6. The average Bonchev–Trinajstić information content (AvgIpc) is 2.46. The third-order valence-electron chi connectivity index (χ3n) is 4.59. The van der Waals surface area contributed by atoms with Crippen molar-refractivity contribution in [3.63, 3.8) is 0 Å². The predicted octanol–water partition coefficient (Wildman–Crippen LogP) is 4.41. The van der Waals surface area contributed by atoms with Crippen LogP contribution in [-0.4, -0.2) is 4.90 Å². The van der Waals surface area contributed by atoms with Crippen LogP contribution in [0.4, 0.5) is 0 Å². The molecule has 0 aromatic heterocycles. The summed E-state index contributed by atoms with van der Waals surface area (Å²) in [4.78, 5) is 2.20. The number of terminal acetylenes is 1. The summed E-state index contributed by atoms with van der Waals surface area (Å²) in [6, 6.07) is 12.0. The molecule has 98 valence electrons. The van der Waals surface area contributed by atoms with E-state index in [4.69, 9.17) is 6.42 Å². The van der Waals surface area contributed by atoms with E-state index < -0.39 is 0 Å². The maximum absolute atomic E-state index is 5.82. The summed E-state index contributed by atoms with van der Waals surface area (Å²) in [5, 5.41) is 0. The van der Waals surface area contributed by atoms with Crippen LogP contribution in [0, 0.1) is 25.3 Å². The molecule has 0 amide bonds. The number of hydrogen-bond donors (Lipinski definition) is 0. The number of aryl methyl sites for hydroxylation is 1. The second-order valence-corrected chi connectivity index (χ2v) is 5.71. The first-order valence-electron chi connectivity index (χ1n) is 7.32. The summed E-state index contributed by atoms with van der Waals surface area (Å²) in [7, 11) is 0. The average molecular weight is 251 g/mol. The largest absolute Gasteiger partial charge is 0.298 e. The van der Waals surface area contributed by atoms with Crippen LogP contribution >= 0.6 is 0 Å². The molecule has 1 saturated heterocycles. The zero-order chi connectivity index (χ0) is 13.2. The fraction of sp³-hybridized carbons (Fsp3) is 0.444. The maximum Gasteiger partial charge on any atom is 0.0674 e. The molecule has 1 heteroatoms. The highest BCUT2D eigenvalue weighted by Crippen LogP contribution is 2.43. The molecule has 1 aliphatic heterocycles. The molecule has 0 bridgehead atoms. The van der Waals surface area contributed by atoms with E-state index in [2.05, 4.69) is 48.2 Å². The molecule has 2 atom stereocenters. The summed E-state index contributed by atoms with van der Waals surface area (Å²) in [5.74, 6) is 0.699. The molecule has 1 fully saturated rings. The van der Waals surface area contributed by atoms with Gasteiger partial charge >= 0.3 is 0 Å². The van der Waals surface area contributed by atoms with Crippen LogP contribution in [0.25, 0.3) is 0 Å². The van der Waals surface area contributed by atoms with Crippen LogP contribution in [0.3, 0.4) is 0 Å². The van der Waals surface area contributed by atoms with Crippen molar-refractivity contribution in [1.82, 2.24) is 4.90 Å². The SMILES string of the molecule is C#CN1C2=CCCCC2CCC1c1ccccc1C. The van der Waals surface area contributed by atoms with E-state index in [9.17, 15) is 0 Å². The lowest BCUT2D eigenvalue weighted by molar-refractivity contribution is 0.218. The van der Waals surface area contributed by atoms with E-state index in [1.165, 1.54) is 48.9 Å². The van der Waals surface area contributed by atoms with E-state index in [0.717, 1.165) is 0 Å². The van der Waals surface area contributed by atoms with Crippen molar-refractivity contribution < 1.29 is 0 Å². The third kappa shape index (κ3) is 2.16. The fourth-order valence-corrected chi connectivity index (χ4v) is 3.60. The van der Waals surface area contributed by atoms with Crippen molar-refractivity contribution >= 4 is 0 Å². The molecule has 2 aliphatic rings. The van der Waals surface area contributed by atoms with Gasteiger partial charge in [0.05, 0.1) is 6.04 Å². The molecule has 0 radical (unpaired) electrons. The van der Waals surface area contributed by atoms with Gasteiger partial charge in [0, 0.05) is 11.7 Å². The molecule has 1 aromatic carbocycles. The Bertz CT molecular complexity index is 535. The van der Waals surface area contributed by atoms with Crippen LogP contribution in [0.2, 0.25) is 0 Å². The number of piperidine rings is 1. The van der Waals surface area contributed by atoms with Crippen LogP contribution in [0.15, 0.2) is 36.0 Å². The van der Waals surface area contributed by atoms with E-state index in [1.807, 2.05) is 0 Å². The quantitative estimate of drug-likeness (QED) is 0.668. The van der Waals surface area contributed by atoms with Gasteiger partial charge in [0.2, 0.25) is 0 Å². The Hall–Kier alpha value is -1.68. The van der Waals surface area contributed by atoms with Crippen molar-refractivity contribution in [3.8, 4) is 12.5 Å². The van der Waals surface area contributed by atoms with Gasteiger partial charge < -0.3 is 0 Å². The summed E-state index contributed by atoms with van der Waals surface area (Å²) in [5.41, 5.74) is 4.15. The van der Waals surface area contributed by atoms with Gasteiger partial charge in [0.25, 0.3) is 0 Å². The van der Waals surface area contributed by atoms with Crippen LogP contribution in [-0.2, 0) is 0 Å². The Kier molecular flexibility index (Phi) is 3.34. The third-order valence-corrected chi connectivity index (χ3v) is 4.59. The van der Waals surface area contributed by atoms with Gasteiger partial charge in [-0.05, 0) is 56.1 Å². The Labute approximate surface area is 116 Å². The molecular formula is C18H21N. The highest BCUT2D eigenvalue weighted by molar-refractivity contribution is 5.33. The van der Waals surface area contributed by atoms with Crippen molar-refractivity contribution in [2.75, 3.05) is 0 Å². The Morgan fingerprint density at radius 2 is 2.05 bits per heavy atom. The summed E-state index contributed by atoms with van der Waals surface area (Å²) >= 11 is 0. The molecule has 19 heavy (non-hydrogen) atoms. The van der Waals surface area contributed by atoms with Crippen LogP contribution < -0.4 is 0 Å². The second-order valence-electron chi connectivity index (χ2n) is 5.71. The molecule has 0 spiro atoms. The minimum atomic E-state index is 0.367. The molecule has 0 saturated carbocycles. The van der Waals surface area contributed by atoms with Gasteiger partial charge in [-0.15, -0.1) is 0 Å². The lowest BCUT2D eigenvalue weighted by Gasteiger charge is -2.42. The topological polar surface area (TPSA) is 3.24 Å². The summed E-state index contributed by atoms with van der Waals surface area (Å²) in [6.45, 7) is 2.19. The van der Waals surface area contributed by atoms with Gasteiger partial charge in [-0.25, -0.2) is 0 Å². The smallest absolute Gasteiger partial charge is 0.0674 e. The number of rotatable bonds is 1. The van der Waals surface area contributed by atoms with Gasteiger partial charge in [-0.3, -0.25) is 4.90 Å². The number of benzene rings is 1. The minimum Gasteiger partial charge on any atom is -0.298 e. The van der Waals surface area contributed by atoms with Crippen LogP contribution in [0.1, 0.15) is 49.3 Å². The molecule has 1 aliphatic carbocycles. The number of allylic oxidation sites excluding steroid dienone is 2. The first-order chi connectivity index (χ1) is 9.31. The standard InChI is InChI=1S/C18H21N/c1-3-19-17-11-7-5-9-15(17)12-13-18(19)16-10-6-4-8-14(16)2/h1,4,6,8,10-11,15,18H,5,7,9,12-13H2,2H3. The minimum absolute atomic E-state index is 0.367. The monoisotopic (exact) mass is 251 g/mol. The lowest BCUT2D eigenvalue weighted by atomic mass is 9.80. The molecule has 2 unspecified atom stereocenters. The summed E-state index contributed by atoms with van der Waals surface area (Å²) in [6.07, 6.45) is 14.5. The fourth-order valence-electron chi connectivity index (χ4n) is 3.60. The number of fused-ring (bicyclic) bond motifs is 1. The maximum atomic E-state index is 5.82. The molecule has 1 nitrogen and oxygen atoms in total. The van der Waals surface area contributed by atoms with Gasteiger partial charge in [0.15, 0.2) is 0 Å². The van der Waals surface area contributed by atoms with Gasteiger partial charge in [-0.2, -0.15) is 0 Å². The first-order valence-corrected chi connectivity index (χ1v) is 7.32. The first kappa shape index (κ1) is 12.4. The second kappa shape index (κ2) is 5.13. The normalized spacial score (nSPS) is 26.3. The molecular weight excluding hydrogens is 230 g/mol. The van der Waals surface area contributed by atoms with Crippen molar-refractivity contribution in [1.29, 1.82) is 0 Å². The van der Waals surface area contributed by atoms with Crippen molar-refractivity contribution in [3.05, 3.63) is 47.2 Å². The molecule has 0 N–H and O–H groups in total. The Morgan fingerprint density at radius 3 is 2.84 bits per heavy atom. The van der Waals surface area contributed by atoms with E-state index in [0.29, 0.717) is 12.0 Å². The molecule has 3 rings (SSSR count). The van der Waals surface area contributed by atoms with Crippen molar-refractivity contribution in [2.45, 2.75) is 45.1 Å². The highest BCUT2D eigenvalue weighted by atomic mass is 15.2.